The number of hydrogen-bond acceptors (Lipinski definition) is 2. The summed E-state index contributed by atoms with van der Waals surface area (Å²) in [5.74, 6) is 0.332. The lowest BCUT2D eigenvalue weighted by Crippen LogP contribution is -2.38. The Balaban J connectivity index is 1.86. The highest BCUT2D eigenvalue weighted by Gasteiger charge is 2.25. The van der Waals surface area contributed by atoms with E-state index in [1.807, 2.05) is 28.1 Å². The first-order valence-electron chi connectivity index (χ1n) is 8.03. The van der Waals surface area contributed by atoms with E-state index < -0.39 is 0 Å². The highest BCUT2D eigenvalue weighted by Crippen LogP contribution is 2.20. The minimum absolute atomic E-state index is 0.00646. The predicted molar refractivity (Wildman–Crippen MR) is 86.3 cm³/mol. The summed E-state index contributed by atoms with van der Waals surface area (Å²) in [5, 5.41) is 0. The molecular formula is C17H27N3O2. The molecule has 2 amide bonds. The van der Waals surface area contributed by atoms with E-state index in [1.54, 1.807) is 0 Å². The molecule has 122 valence electrons. The third-order valence-electron chi connectivity index (χ3n) is 3.89. The molecule has 2 rings (SSSR count). The molecular weight excluding hydrogens is 278 g/mol. The van der Waals surface area contributed by atoms with Crippen LogP contribution in [0.25, 0.3) is 0 Å². The predicted octanol–water partition coefficient (Wildman–Crippen LogP) is 2.05. The largest absolute Gasteiger partial charge is 0.365 e. The number of carbonyl (C=O) groups excluding carboxylic acids is 2. The molecule has 0 spiro atoms. The molecule has 1 aliphatic heterocycles. The van der Waals surface area contributed by atoms with E-state index in [0.717, 1.165) is 25.2 Å². The van der Waals surface area contributed by atoms with E-state index in [9.17, 15) is 9.59 Å². The summed E-state index contributed by atoms with van der Waals surface area (Å²) in [6, 6.07) is 3.83. The lowest BCUT2D eigenvalue weighted by molar-refractivity contribution is -0.134. The van der Waals surface area contributed by atoms with Crippen molar-refractivity contribution in [3.63, 3.8) is 0 Å². The molecule has 1 fully saturated rings. The lowest BCUT2D eigenvalue weighted by Gasteiger charge is -2.25. The molecule has 0 radical (unpaired) electrons. The van der Waals surface area contributed by atoms with Gasteiger partial charge in [0.05, 0.1) is 6.42 Å². The number of amides is 2. The zero-order valence-corrected chi connectivity index (χ0v) is 13.9. The first-order valence-corrected chi connectivity index (χ1v) is 8.03. The third kappa shape index (κ3) is 4.90. The first-order chi connectivity index (χ1) is 10.3. The number of hydrogen-bond donors (Lipinski definition) is 1. The van der Waals surface area contributed by atoms with Gasteiger partial charge in [-0.25, -0.2) is 0 Å². The molecule has 1 saturated heterocycles. The van der Waals surface area contributed by atoms with Crippen LogP contribution < -0.4 is 0 Å². The van der Waals surface area contributed by atoms with Gasteiger partial charge in [-0.15, -0.1) is 0 Å². The molecule has 0 saturated carbocycles. The van der Waals surface area contributed by atoms with Gasteiger partial charge >= 0.3 is 0 Å². The monoisotopic (exact) mass is 305 g/mol. The molecule has 5 nitrogen and oxygen atoms in total. The van der Waals surface area contributed by atoms with Crippen molar-refractivity contribution < 1.29 is 9.59 Å². The van der Waals surface area contributed by atoms with Crippen LogP contribution in [0.1, 0.15) is 39.3 Å². The van der Waals surface area contributed by atoms with Crippen molar-refractivity contribution in [2.24, 2.45) is 5.41 Å². The van der Waals surface area contributed by atoms with Crippen molar-refractivity contribution in [3.8, 4) is 0 Å². The summed E-state index contributed by atoms with van der Waals surface area (Å²) in [6.45, 7) is 9.00. The SMILES string of the molecule is CC(C)(C)CC(=O)N1CCCN(C(=O)Cc2ccc[nH]2)CC1. The number of carbonyl (C=O) groups is 2. The van der Waals surface area contributed by atoms with Crippen molar-refractivity contribution in [1.29, 1.82) is 0 Å². The fourth-order valence-corrected chi connectivity index (χ4v) is 2.73. The zero-order valence-electron chi connectivity index (χ0n) is 13.9. The average Bonchev–Trinajstić information content (AvgIpc) is 2.78. The second-order valence-electron chi connectivity index (χ2n) is 7.22. The molecule has 0 unspecified atom stereocenters. The maximum Gasteiger partial charge on any atom is 0.228 e. The van der Waals surface area contributed by atoms with Gasteiger partial charge in [0.25, 0.3) is 0 Å². The summed E-state index contributed by atoms with van der Waals surface area (Å²) in [7, 11) is 0. The van der Waals surface area contributed by atoms with Crippen LogP contribution >= 0.6 is 0 Å². The van der Waals surface area contributed by atoms with Crippen LogP contribution in [0.5, 0.6) is 0 Å². The Bertz CT molecular complexity index is 502. The van der Waals surface area contributed by atoms with E-state index >= 15 is 0 Å². The number of rotatable bonds is 3. The fraction of sp³-hybridized carbons (Fsp3) is 0.647. The summed E-state index contributed by atoms with van der Waals surface area (Å²) < 4.78 is 0. The van der Waals surface area contributed by atoms with Gasteiger partial charge in [-0.1, -0.05) is 20.8 Å². The van der Waals surface area contributed by atoms with Crippen molar-refractivity contribution in [2.75, 3.05) is 26.2 Å². The Morgan fingerprint density at radius 2 is 1.73 bits per heavy atom. The number of H-pyrrole nitrogens is 1. The van der Waals surface area contributed by atoms with E-state index in [4.69, 9.17) is 0 Å². The van der Waals surface area contributed by atoms with Crippen molar-refractivity contribution in [1.82, 2.24) is 14.8 Å². The molecule has 1 N–H and O–H groups in total. The molecule has 0 atom stereocenters. The van der Waals surface area contributed by atoms with Gasteiger partial charge in [0.1, 0.15) is 0 Å². The Kier molecular flexibility index (Phi) is 5.27. The Labute approximate surface area is 132 Å². The van der Waals surface area contributed by atoms with E-state index in [1.165, 1.54) is 0 Å². The van der Waals surface area contributed by atoms with Gasteiger partial charge in [0.15, 0.2) is 0 Å². The Morgan fingerprint density at radius 1 is 1.09 bits per heavy atom. The molecule has 0 aromatic carbocycles. The van der Waals surface area contributed by atoms with Gasteiger partial charge in [0.2, 0.25) is 11.8 Å². The standard InChI is InChI=1S/C17H27N3O2/c1-17(2,3)13-16(22)20-9-5-8-19(10-11-20)15(21)12-14-6-4-7-18-14/h4,6-7,18H,5,8-13H2,1-3H3. The third-order valence-corrected chi connectivity index (χ3v) is 3.89. The maximum absolute atomic E-state index is 12.3. The van der Waals surface area contributed by atoms with E-state index in [0.29, 0.717) is 25.9 Å². The molecule has 2 heterocycles. The van der Waals surface area contributed by atoms with Crippen molar-refractivity contribution >= 4 is 11.8 Å². The summed E-state index contributed by atoms with van der Waals surface area (Å²) in [5.41, 5.74) is 0.946. The Hall–Kier alpha value is -1.78. The molecule has 1 aromatic rings. The second-order valence-corrected chi connectivity index (χ2v) is 7.22. The minimum Gasteiger partial charge on any atom is -0.365 e. The van der Waals surface area contributed by atoms with Gasteiger partial charge in [-0.3, -0.25) is 9.59 Å². The normalized spacial score (nSPS) is 16.5. The highest BCUT2D eigenvalue weighted by molar-refractivity contribution is 5.79. The van der Waals surface area contributed by atoms with Gasteiger partial charge < -0.3 is 14.8 Å². The van der Waals surface area contributed by atoms with Crippen LogP contribution in [-0.4, -0.2) is 52.8 Å². The average molecular weight is 305 g/mol. The van der Waals surface area contributed by atoms with Crippen LogP contribution in [-0.2, 0) is 16.0 Å². The number of nitrogens with zero attached hydrogens (tertiary/aromatic N) is 2. The topological polar surface area (TPSA) is 56.4 Å². The molecule has 5 heteroatoms. The highest BCUT2D eigenvalue weighted by atomic mass is 16.2. The molecule has 0 bridgehead atoms. The van der Waals surface area contributed by atoms with Crippen LogP contribution in [0.4, 0.5) is 0 Å². The van der Waals surface area contributed by atoms with Crippen molar-refractivity contribution in [3.05, 3.63) is 24.0 Å². The maximum atomic E-state index is 12.3. The Morgan fingerprint density at radius 3 is 2.27 bits per heavy atom. The lowest BCUT2D eigenvalue weighted by atomic mass is 9.91. The van der Waals surface area contributed by atoms with E-state index in [-0.39, 0.29) is 17.2 Å². The van der Waals surface area contributed by atoms with Gasteiger partial charge in [-0.2, -0.15) is 0 Å². The summed E-state index contributed by atoms with van der Waals surface area (Å²) in [4.78, 5) is 31.5. The number of aromatic nitrogens is 1. The fourth-order valence-electron chi connectivity index (χ4n) is 2.73. The summed E-state index contributed by atoms with van der Waals surface area (Å²) in [6.07, 6.45) is 3.65. The smallest absolute Gasteiger partial charge is 0.228 e. The summed E-state index contributed by atoms with van der Waals surface area (Å²) >= 11 is 0. The van der Waals surface area contributed by atoms with Gasteiger partial charge in [-0.05, 0) is 24.0 Å². The van der Waals surface area contributed by atoms with Crippen LogP contribution in [0.2, 0.25) is 0 Å². The second kappa shape index (κ2) is 6.99. The van der Waals surface area contributed by atoms with Crippen LogP contribution in [0.15, 0.2) is 18.3 Å². The first kappa shape index (κ1) is 16.6. The van der Waals surface area contributed by atoms with E-state index in [2.05, 4.69) is 25.8 Å². The molecule has 1 aliphatic rings. The number of nitrogens with one attached hydrogen (secondary N) is 1. The quantitative estimate of drug-likeness (QED) is 0.929. The molecule has 1 aromatic heterocycles. The molecule has 0 aliphatic carbocycles. The molecule has 22 heavy (non-hydrogen) atoms. The van der Waals surface area contributed by atoms with Crippen molar-refractivity contribution in [2.45, 2.75) is 40.0 Å². The van der Waals surface area contributed by atoms with Crippen LogP contribution in [0.3, 0.4) is 0 Å². The van der Waals surface area contributed by atoms with Gasteiger partial charge in [0, 0.05) is 44.5 Å². The zero-order chi connectivity index (χ0) is 16.2. The minimum atomic E-state index is 0.00646. The van der Waals surface area contributed by atoms with Crippen LogP contribution in [0, 0.1) is 5.41 Å². The number of aromatic amines is 1.